The SMILES string of the molecule is Cc1ccnn1-c1ccc(C(=O)OCC(=O)N[C@H]2CCCc3ccccc32)cc1. The van der Waals surface area contributed by atoms with Crippen LogP contribution in [0.25, 0.3) is 5.69 Å². The Bertz CT molecular complexity index is 1020. The van der Waals surface area contributed by atoms with E-state index in [1.54, 1.807) is 35.1 Å². The summed E-state index contributed by atoms with van der Waals surface area (Å²) in [6, 6.07) is 17.0. The van der Waals surface area contributed by atoms with Crippen LogP contribution in [0.3, 0.4) is 0 Å². The second-order valence-corrected chi connectivity index (χ2v) is 7.22. The molecule has 6 nitrogen and oxygen atoms in total. The summed E-state index contributed by atoms with van der Waals surface area (Å²) >= 11 is 0. The van der Waals surface area contributed by atoms with E-state index in [2.05, 4.69) is 16.5 Å². The molecule has 148 valence electrons. The molecule has 0 unspecified atom stereocenters. The normalized spacial score (nSPS) is 15.4. The second-order valence-electron chi connectivity index (χ2n) is 7.22. The fourth-order valence-corrected chi connectivity index (χ4v) is 3.73. The molecule has 6 heteroatoms. The molecule has 2 aromatic carbocycles. The number of carbonyl (C=O) groups excluding carboxylic acids is 2. The third-order valence-electron chi connectivity index (χ3n) is 5.22. The number of nitrogens with zero attached hydrogens (tertiary/aromatic N) is 2. The van der Waals surface area contributed by atoms with Gasteiger partial charge in [-0.25, -0.2) is 9.48 Å². The molecule has 29 heavy (non-hydrogen) atoms. The Kier molecular flexibility index (Phi) is 5.42. The van der Waals surface area contributed by atoms with Crippen LogP contribution in [0, 0.1) is 6.92 Å². The monoisotopic (exact) mass is 389 g/mol. The first-order chi connectivity index (χ1) is 14.1. The minimum absolute atomic E-state index is 0.0252. The highest BCUT2D eigenvalue weighted by atomic mass is 16.5. The summed E-state index contributed by atoms with van der Waals surface area (Å²) in [4.78, 5) is 24.6. The van der Waals surface area contributed by atoms with E-state index in [1.165, 1.54) is 5.56 Å². The molecule has 0 spiro atoms. The van der Waals surface area contributed by atoms with E-state index in [4.69, 9.17) is 4.74 Å². The van der Waals surface area contributed by atoms with Crippen LogP contribution in [0.4, 0.5) is 0 Å². The Labute approximate surface area is 169 Å². The van der Waals surface area contributed by atoms with Crippen LogP contribution in [0.5, 0.6) is 0 Å². The summed E-state index contributed by atoms with van der Waals surface area (Å²) in [5.41, 5.74) is 4.69. The zero-order chi connectivity index (χ0) is 20.2. The Hall–Kier alpha value is -3.41. The molecular formula is C23H23N3O3. The van der Waals surface area contributed by atoms with Crippen LogP contribution in [0.15, 0.2) is 60.8 Å². The number of esters is 1. The first-order valence-corrected chi connectivity index (χ1v) is 9.77. The first-order valence-electron chi connectivity index (χ1n) is 9.77. The predicted molar refractivity (Wildman–Crippen MR) is 109 cm³/mol. The maximum Gasteiger partial charge on any atom is 0.338 e. The fourth-order valence-electron chi connectivity index (χ4n) is 3.73. The van der Waals surface area contributed by atoms with Crippen molar-refractivity contribution in [3.63, 3.8) is 0 Å². The highest BCUT2D eigenvalue weighted by Gasteiger charge is 2.22. The van der Waals surface area contributed by atoms with Crippen LogP contribution >= 0.6 is 0 Å². The molecule has 0 saturated carbocycles. The average Bonchev–Trinajstić information content (AvgIpc) is 3.18. The van der Waals surface area contributed by atoms with Crippen LogP contribution < -0.4 is 5.32 Å². The molecule has 1 atom stereocenters. The van der Waals surface area contributed by atoms with E-state index in [1.807, 2.05) is 31.2 Å². The molecule has 1 aliphatic rings. The van der Waals surface area contributed by atoms with Crippen LogP contribution in [-0.4, -0.2) is 28.3 Å². The van der Waals surface area contributed by atoms with Gasteiger partial charge in [-0.1, -0.05) is 24.3 Å². The molecule has 0 aliphatic heterocycles. The molecule has 1 heterocycles. The van der Waals surface area contributed by atoms with Crippen LogP contribution in [0.2, 0.25) is 0 Å². The summed E-state index contributed by atoms with van der Waals surface area (Å²) < 4.78 is 6.98. The highest BCUT2D eigenvalue weighted by molar-refractivity contribution is 5.91. The molecule has 1 N–H and O–H groups in total. The van der Waals surface area contributed by atoms with Crippen molar-refractivity contribution in [2.24, 2.45) is 0 Å². The predicted octanol–water partition coefficient (Wildman–Crippen LogP) is 3.53. The van der Waals surface area contributed by atoms with Crippen molar-refractivity contribution in [2.45, 2.75) is 32.2 Å². The van der Waals surface area contributed by atoms with Crippen molar-refractivity contribution in [1.29, 1.82) is 0 Å². The van der Waals surface area contributed by atoms with Crippen LogP contribution in [0.1, 0.15) is 46.1 Å². The van der Waals surface area contributed by atoms with Gasteiger partial charge in [-0.15, -0.1) is 0 Å². The average molecular weight is 389 g/mol. The highest BCUT2D eigenvalue weighted by Crippen LogP contribution is 2.29. The third-order valence-corrected chi connectivity index (χ3v) is 5.22. The van der Waals surface area contributed by atoms with Gasteiger partial charge in [-0.3, -0.25) is 4.79 Å². The lowest BCUT2D eigenvalue weighted by molar-refractivity contribution is -0.125. The lowest BCUT2D eigenvalue weighted by Gasteiger charge is -2.26. The Morgan fingerprint density at radius 3 is 2.69 bits per heavy atom. The number of rotatable bonds is 5. The second kappa shape index (κ2) is 8.31. The summed E-state index contributed by atoms with van der Waals surface area (Å²) in [5.74, 6) is -0.809. The van der Waals surface area contributed by atoms with Crippen molar-refractivity contribution >= 4 is 11.9 Å². The lowest BCUT2D eigenvalue weighted by Crippen LogP contribution is -2.34. The number of hydrogen-bond acceptors (Lipinski definition) is 4. The Morgan fingerprint density at radius 2 is 1.93 bits per heavy atom. The van der Waals surface area contributed by atoms with Gasteiger partial charge in [-0.05, 0) is 67.6 Å². The number of nitrogens with one attached hydrogen (secondary N) is 1. The zero-order valence-electron chi connectivity index (χ0n) is 16.3. The van der Waals surface area contributed by atoms with E-state index in [0.29, 0.717) is 5.56 Å². The smallest absolute Gasteiger partial charge is 0.338 e. The number of amides is 1. The van der Waals surface area contributed by atoms with Gasteiger partial charge in [0.2, 0.25) is 0 Å². The minimum atomic E-state index is -0.520. The van der Waals surface area contributed by atoms with E-state index in [-0.39, 0.29) is 18.6 Å². The van der Waals surface area contributed by atoms with Gasteiger partial charge in [0.05, 0.1) is 17.3 Å². The largest absolute Gasteiger partial charge is 0.452 e. The number of ether oxygens (including phenoxy) is 1. The summed E-state index contributed by atoms with van der Waals surface area (Å²) in [7, 11) is 0. The molecule has 0 bridgehead atoms. The number of fused-ring (bicyclic) bond motifs is 1. The molecule has 1 amide bonds. The van der Waals surface area contributed by atoms with Crippen molar-refractivity contribution in [3.8, 4) is 5.69 Å². The Morgan fingerprint density at radius 1 is 1.14 bits per heavy atom. The number of benzene rings is 2. The summed E-state index contributed by atoms with van der Waals surface area (Å²) in [6.07, 6.45) is 4.68. The molecular weight excluding hydrogens is 366 g/mol. The number of aromatic nitrogens is 2. The summed E-state index contributed by atoms with van der Waals surface area (Å²) in [5, 5.41) is 7.23. The first kappa shape index (κ1) is 18.9. The van der Waals surface area contributed by atoms with Crippen molar-refractivity contribution in [2.75, 3.05) is 6.61 Å². The topological polar surface area (TPSA) is 73.2 Å². The van der Waals surface area contributed by atoms with Crippen molar-refractivity contribution in [3.05, 3.63) is 83.2 Å². The Balaban J connectivity index is 1.33. The number of carbonyl (C=O) groups is 2. The molecule has 3 aromatic rings. The van der Waals surface area contributed by atoms with Crippen molar-refractivity contribution in [1.82, 2.24) is 15.1 Å². The standard InChI is InChI=1S/C23H23N3O3/c1-16-13-14-24-26(16)19-11-9-18(10-12-19)23(28)29-15-22(27)25-21-8-4-6-17-5-2-3-7-20(17)21/h2-3,5,7,9-14,21H,4,6,8,15H2,1H3,(H,25,27)/t21-/m0/s1. The molecule has 0 radical (unpaired) electrons. The van der Waals surface area contributed by atoms with E-state index in [9.17, 15) is 9.59 Å². The minimum Gasteiger partial charge on any atom is -0.452 e. The molecule has 1 aromatic heterocycles. The zero-order valence-corrected chi connectivity index (χ0v) is 16.3. The molecule has 1 aliphatic carbocycles. The van der Waals surface area contributed by atoms with E-state index >= 15 is 0 Å². The molecule has 0 saturated heterocycles. The maximum absolute atomic E-state index is 12.3. The summed E-state index contributed by atoms with van der Waals surface area (Å²) in [6.45, 7) is 1.66. The van der Waals surface area contributed by atoms with Gasteiger partial charge in [0, 0.05) is 11.9 Å². The maximum atomic E-state index is 12.3. The van der Waals surface area contributed by atoms with Crippen LogP contribution in [-0.2, 0) is 16.0 Å². The van der Waals surface area contributed by atoms with Gasteiger partial charge in [0.25, 0.3) is 5.91 Å². The van der Waals surface area contributed by atoms with Crippen molar-refractivity contribution < 1.29 is 14.3 Å². The van der Waals surface area contributed by atoms with E-state index < -0.39 is 5.97 Å². The third kappa shape index (κ3) is 4.21. The quantitative estimate of drug-likeness (QED) is 0.678. The molecule has 0 fully saturated rings. The number of aryl methyl sites for hydroxylation is 2. The van der Waals surface area contributed by atoms with Gasteiger partial charge in [0.1, 0.15) is 0 Å². The number of hydrogen-bond donors (Lipinski definition) is 1. The van der Waals surface area contributed by atoms with Gasteiger partial charge >= 0.3 is 5.97 Å². The molecule has 4 rings (SSSR count). The van der Waals surface area contributed by atoms with Gasteiger partial charge in [-0.2, -0.15) is 5.10 Å². The van der Waals surface area contributed by atoms with E-state index in [0.717, 1.165) is 36.2 Å². The fraction of sp³-hybridized carbons (Fsp3) is 0.261. The van der Waals surface area contributed by atoms with Gasteiger partial charge < -0.3 is 10.1 Å². The lowest BCUT2D eigenvalue weighted by atomic mass is 9.88. The van der Waals surface area contributed by atoms with Gasteiger partial charge in [0.15, 0.2) is 6.61 Å².